The maximum atomic E-state index is 13.7. The SMILES string of the molecule is COc1cccc(NC(=O)Cn2c(-c3ccc(C)cc3)nc3c(c2=O)CCN(Cc2ccccc2)C3)c1. The molecule has 1 amide bonds. The average molecular weight is 495 g/mol. The Morgan fingerprint density at radius 2 is 1.81 bits per heavy atom. The number of nitrogens with zero attached hydrogens (tertiary/aromatic N) is 3. The first-order chi connectivity index (χ1) is 18.0. The summed E-state index contributed by atoms with van der Waals surface area (Å²) in [5.41, 5.74) is 5.08. The molecule has 2 heterocycles. The molecule has 1 aliphatic rings. The Morgan fingerprint density at radius 1 is 1.03 bits per heavy atom. The lowest BCUT2D eigenvalue weighted by molar-refractivity contribution is -0.116. The second-order valence-corrected chi connectivity index (χ2v) is 9.34. The van der Waals surface area contributed by atoms with Crippen molar-refractivity contribution in [3.63, 3.8) is 0 Å². The first-order valence-electron chi connectivity index (χ1n) is 12.4. The number of ether oxygens (including phenoxy) is 1. The molecular weight excluding hydrogens is 464 g/mol. The highest BCUT2D eigenvalue weighted by Gasteiger charge is 2.25. The molecule has 0 atom stereocenters. The van der Waals surface area contributed by atoms with Gasteiger partial charge < -0.3 is 10.1 Å². The summed E-state index contributed by atoms with van der Waals surface area (Å²) in [5.74, 6) is 0.851. The van der Waals surface area contributed by atoms with Gasteiger partial charge in [-0.05, 0) is 31.0 Å². The standard InChI is InChI=1S/C30H30N4O3/c1-21-11-13-23(14-12-21)29-32-27-19-33(18-22-7-4-3-5-8-22)16-15-26(27)30(36)34(29)20-28(35)31-24-9-6-10-25(17-24)37-2/h3-14,17H,15-16,18-20H2,1-2H3,(H,31,35). The molecule has 3 aromatic carbocycles. The van der Waals surface area contributed by atoms with Gasteiger partial charge in [-0.15, -0.1) is 0 Å². The van der Waals surface area contributed by atoms with Crippen molar-refractivity contribution in [3.8, 4) is 17.1 Å². The number of aromatic nitrogens is 2. The predicted molar refractivity (Wildman–Crippen MR) is 145 cm³/mol. The minimum atomic E-state index is -0.299. The smallest absolute Gasteiger partial charge is 0.257 e. The van der Waals surface area contributed by atoms with Crippen molar-refractivity contribution in [1.29, 1.82) is 0 Å². The average Bonchev–Trinajstić information content (AvgIpc) is 2.91. The fourth-order valence-electron chi connectivity index (χ4n) is 4.67. The third kappa shape index (κ3) is 5.62. The lowest BCUT2D eigenvalue weighted by atomic mass is 10.0. The van der Waals surface area contributed by atoms with Crippen LogP contribution in [-0.2, 0) is 30.8 Å². The van der Waals surface area contributed by atoms with Gasteiger partial charge in [-0.1, -0.05) is 66.2 Å². The van der Waals surface area contributed by atoms with Crippen molar-refractivity contribution < 1.29 is 9.53 Å². The van der Waals surface area contributed by atoms with Crippen LogP contribution in [0.25, 0.3) is 11.4 Å². The molecule has 0 radical (unpaired) electrons. The number of anilines is 1. The number of hydrogen-bond donors (Lipinski definition) is 1. The van der Waals surface area contributed by atoms with Gasteiger partial charge in [0.2, 0.25) is 5.91 Å². The van der Waals surface area contributed by atoms with Gasteiger partial charge in [0.05, 0.1) is 12.8 Å². The maximum absolute atomic E-state index is 13.7. The van der Waals surface area contributed by atoms with E-state index in [4.69, 9.17) is 9.72 Å². The van der Waals surface area contributed by atoms with Gasteiger partial charge in [0.1, 0.15) is 18.1 Å². The summed E-state index contributed by atoms with van der Waals surface area (Å²) in [6.07, 6.45) is 0.597. The van der Waals surface area contributed by atoms with Gasteiger partial charge in [-0.2, -0.15) is 0 Å². The lowest BCUT2D eigenvalue weighted by Gasteiger charge is -2.29. The number of carbonyl (C=O) groups excluding carboxylic acids is 1. The minimum absolute atomic E-state index is 0.132. The Morgan fingerprint density at radius 3 is 2.57 bits per heavy atom. The quantitative estimate of drug-likeness (QED) is 0.412. The van der Waals surface area contributed by atoms with Crippen LogP contribution in [0, 0.1) is 6.92 Å². The van der Waals surface area contributed by atoms with Crippen LogP contribution in [-0.4, -0.2) is 34.0 Å². The van der Waals surface area contributed by atoms with Gasteiger partial charge in [0.15, 0.2) is 0 Å². The molecule has 0 saturated carbocycles. The van der Waals surface area contributed by atoms with E-state index in [0.29, 0.717) is 35.8 Å². The van der Waals surface area contributed by atoms with Crippen LogP contribution in [0.5, 0.6) is 5.75 Å². The molecule has 7 heteroatoms. The molecule has 7 nitrogen and oxygen atoms in total. The third-order valence-corrected chi connectivity index (χ3v) is 6.61. The van der Waals surface area contributed by atoms with Gasteiger partial charge in [0, 0.05) is 42.5 Å². The fraction of sp³-hybridized carbons (Fsp3) is 0.233. The van der Waals surface area contributed by atoms with E-state index in [9.17, 15) is 9.59 Å². The minimum Gasteiger partial charge on any atom is -0.497 e. The number of nitrogens with one attached hydrogen (secondary N) is 1. The van der Waals surface area contributed by atoms with Crippen molar-refractivity contribution >= 4 is 11.6 Å². The second kappa shape index (κ2) is 10.8. The van der Waals surface area contributed by atoms with Crippen LogP contribution in [0.15, 0.2) is 83.7 Å². The molecule has 4 aromatic rings. The molecule has 0 fully saturated rings. The summed E-state index contributed by atoms with van der Waals surface area (Å²) >= 11 is 0. The second-order valence-electron chi connectivity index (χ2n) is 9.34. The van der Waals surface area contributed by atoms with E-state index in [1.54, 1.807) is 25.3 Å². The molecule has 0 spiro atoms. The number of rotatable bonds is 7. The number of hydrogen-bond acceptors (Lipinski definition) is 5. The molecule has 0 unspecified atom stereocenters. The molecule has 188 valence electrons. The van der Waals surface area contributed by atoms with Gasteiger partial charge >= 0.3 is 0 Å². The summed E-state index contributed by atoms with van der Waals surface area (Å²) in [6, 6.07) is 25.3. The van der Waals surface area contributed by atoms with Crippen LogP contribution < -0.4 is 15.6 Å². The molecule has 5 rings (SSSR count). The van der Waals surface area contributed by atoms with Crippen LogP contribution in [0.4, 0.5) is 5.69 Å². The molecule has 0 aliphatic carbocycles. The third-order valence-electron chi connectivity index (χ3n) is 6.61. The number of methoxy groups -OCH3 is 1. The number of aryl methyl sites for hydroxylation is 1. The van der Waals surface area contributed by atoms with E-state index < -0.39 is 0 Å². The van der Waals surface area contributed by atoms with Gasteiger partial charge in [0.25, 0.3) is 5.56 Å². The normalized spacial score (nSPS) is 13.1. The summed E-state index contributed by atoms with van der Waals surface area (Å²) in [4.78, 5) is 34.1. The predicted octanol–water partition coefficient (Wildman–Crippen LogP) is 4.42. The van der Waals surface area contributed by atoms with Crippen molar-refractivity contribution in [2.24, 2.45) is 0 Å². The Kier molecular flexibility index (Phi) is 7.14. The molecule has 37 heavy (non-hydrogen) atoms. The van der Waals surface area contributed by atoms with Crippen molar-refractivity contribution in [1.82, 2.24) is 14.5 Å². The van der Waals surface area contributed by atoms with E-state index in [-0.39, 0.29) is 18.0 Å². The van der Waals surface area contributed by atoms with Crippen LogP contribution >= 0.6 is 0 Å². The molecule has 1 N–H and O–H groups in total. The molecule has 1 aliphatic heterocycles. The highest BCUT2D eigenvalue weighted by molar-refractivity contribution is 5.91. The first-order valence-corrected chi connectivity index (χ1v) is 12.4. The summed E-state index contributed by atoms with van der Waals surface area (Å²) in [7, 11) is 1.58. The van der Waals surface area contributed by atoms with Gasteiger partial charge in [-0.25, -0.2) is 4.98 Å². The zero-order valence-electron chi connectivity index (χ0n) is 21.1. The molecular formula is C30H30N4O3. The number of amides is 1. The van der Waals surface area contributed by atoms with Crippen molar-refractivity contribution in [2.45, 2.75) is 33.0 Å². The molecule has 0 bridgehead atoms. The summed E-state index contributed by atoms with van der Waals surface area (Å²) < 4.78 is 6.75. The van der Waals surface area contributed by atoms with Crippen LogP contribution in [0.3, 0.4) is 0 Å². The Labute approximate surface area is 216 Å². The highest BCUT2D eigenvalue weighted by atomic mass is 16.5. The first kappa shape index (κ1) is 24.5. The summed E-state index contributed by atoms with van der Waals surface area (Å²) in [6.45, 7) is 4.04. The Balaban J connectivity index is 1.47. The number of carbonyl (C=O) groups is 1. The monoisotopic (exact) mass is 494 g/mol. The van der Waals surface area contributed by atoms with Crippen LogP contribution in [0.2, 0.25) is 0 Å². The lowest BCUT2D eigenvalue weighted by Crippen LogP contribution is -2.39. The molecule has 0 saturated heterocycles. The van der Waals surface area contributed by atoms with E-state index in [1.807, 2.05) is 55.5 Å². The Bertz CT molecular complexity index is 1460. The zero-order chi connectivity index (χ0) is 25.8. The fourth-order valence-corrected chi connectivity index (χ4v) is 4.67. The number of fused-ring (bicyclic) bond motifs is 1. The molecule has 1 aromatic heterocycles. The van der Waals surface area contributed by atoms with E-state index >= 15 is 0 Å². The Hall–Kier alpha value is -4.23. The topological polar surface area (TPSA) is 76.5 Å². The zero-order valence-corrected chi connectivity index (χ0v) is 21.1. The largest absolute Gasteiger partial charge is 0.497 e. The summed E-state index contributed by atoms with van der Waals surface area (Å²) in [5, 5.41) is 2.88. The van der Waals surface area contributed by atoms with E-state index in [2.05, 4.69) is 22.3 Å². The van der Waals surface area contributed by atoms with E-state index in [0.717, 1.165) is 29.9 Å². The van der Waals surface area contributed by atoms with E-state index in [1.165, 1.54) is 10.1 Å². The maximum Gasteiger partial charge on any atom is 0.257 e. The van der Waals surface area contributed by atoms with Crippen molar-refractivity contribution in [3.05, 3.63) is 112 Å². The van der Waals surface area contributed by atoms with Gasteiger partial charge in [-0.3, -0.25) is 19.1 Å². The highest BCUT2D eigenvalue weighted by Crippen LogP contribution is 2.23. The number of benzene rings is 3. The van der Waals surface area contributed by atoms with Crippen LogP contribution in [0.1, 0.15) is 22.4 Å². The van der Waals surface area contributed by atoms with Crippen molar-refractivity contribution in [2.75, 3.05) is 19.0 Å².